The Kier molecular flexibility index (Phi) is 9.93. The van der Waals surface area contributed by atoms with Gasteiger partial charge in [-0.25, -0.2) is 4.79 Å². The zero-order valence-electron chi connectivity index (χ0n) is 17.6. The van der Waals surface area contributed by atoms with Crippen molar-refractivity contribution < 1.29 is 28.8 Å². The summed E-state index contributed by atoms with van der Waals surface area (Å²) in [6.45, 7) is 4.10. The first-order valence-electron chi connectivity index (χ1n) is 9.76. The van der Waals surface area contributed by atoms with Gasteiger partial charge in [0.2, 0.25) is 0 Å². The maximum absolute atomic E-state index is 12.2. The molecule has 0 aliphatic heterocycles. The van der Waals surface area contributed by atoms with Crippen molar-refractivity contribution in [3.63, 3.8) is 0 Å². The summed E-state index contributed by atoms with van der Waals surface area (Å²) in [4.78, 5) is 12.2. The van der Waals surface area contributed by atoms with E-state index >= 15 is 0 Å². The lowest BCUT2D eigenvalue weighted by Gasteiger charge is -2.17. The van der Waals surface area contributed by atoms with E-state index in [0.29, 0.717) is 49.2 Å². The average Bonchev–Trinajstić information content (AvgIpc) is 2.77. The van der Waals surface area contributed by atoms with Gasteiger partial charge in [-0.3, -0.25) is 0 Å². The number of nitrogens with one attached hydrogen (secondary N) is 2. The van der Waals surface area contributed by atoms with Gasteiger partial charge in [0.05, 0.1) is 34.0 Å². The van der Waals surface area contributed by atoms with Crippen LogP contribution in [-0.4, -0.2) is 51.7 Å². The Hall–Kier alpha value is -2.81. The first-order chi connectivity index (χ1) is 14.6. The highest BCUT2D eigenvalue weighted by Crippen LogP contribution is 2.29. The Balaban J connectivity index is 1.85. The Morgan fingerprint density at radius 3 is 2.60 bits per heavy atom. The predicted molar refractivity (Wildman–Crippen MR) is 114 cm³/mol. The number of benzene rings is 2. The first-order valence-corrected chi connectivity index (χ1v) is 9.76. The fraction of sp³-hybridized carbons (Fsp3) is 0.409. The van der Waals surface area contributed by atoms with Crippen molar-refractivity contribution in [3.8, 4) is 11.5 Å². The molecule has 2 amide bonds. The summed E-state index contributed by atoms with van der Waals surface area (Å²) in [5.74, 6) is 1.11. The zero-order valence-corrected chi connectivity index (χ0v) is 17.6. The zero-order chi connectivity index (χ0) is 21.8. The van der Waals surface area contributed by atoms with E-state index < -0.39 is 12.1 Å². The maximum atomic E-state index is 12.2. The molecule has 1 atom stereocenters. The van der Waals surface area contributed by atoms with Crippen LogP contribution in [-0.2, 0) is 16.1 Å². The Labute approximate surface area is 177 Å². The molecule has 0 fully saturated rings. The number of hydrogen-bond acceptors (Lipinski definition) is 6. The van der Waals surface area contributed by atoms with Crippen molar-refractivity contribution in [3.05, 3.63) is 53.6 Å². The number of hydrogen-bond donors (Lipinski definition) is 3. The van der Waals surface area contributed by atoms with Gasteiger partial charge in [0.1, 0.15) is 17.6 Å². The molecule has 1 unspecified atom stereocenters. The van der Waals surface area contributed by atoms with Crippen molar-refractivity contribution >= 4 is 11.7 Å². The molecule has 30 heavy (non-hydrogen) atoms. The molecule has 3 N–H and O–H groups in total. The fourth-order valence-electron chi connectivity index (χ4n) is 2.77. The number of carbonyl (C=O) groups is 1. The highest BCUT2D eigenvalue weighted by atomic mass is 16.5. The van der Waals surface area contributed by atoms with E-state index in [4.69, 9.17) is 18.9 Å². The second-order valence-corrected chi connectivity index (χ2v) is 6.41. The molecule has 2 aromatic carbocycles. The number of ether oxygens (including phenoxy) is 4. The standard InChI is InChI=1S/C22H30N2O6/c1-4-29-10-11-30-15-16-6-5-7-17(12-16)24-22(26)23-14-20(25)19-13-18(27-2)8-9-21(19)28-3/h5-9,12-13,20,25H,4,10-11,14-15H2,1-3H3,(H2,23,24,26). The lowest BCUT2D eigenvalue weighted by molar-refractivity contribution is 0.0453. The van der Waals surface area contributed by atoms with Gasteiger partial charge < -0.3 is 34.7 Å². The molecule has 0 heterocycles. The molecule has 0 spiro atoms. The van der Waals surface area contributed by atoms with E-state index in [2.05, 4.69) is 10.6 Å². The van der Waals surface area contributed by atoms with Crippen molar-refractivity contribution in [1.82, 2.24) is 5.32 Å². The van der Waals surface area contributed by atoms with Gasteiger partial charge in [-0.1, -0.05) is 12.1 Å². The van der Waals surface area contributed by atoms with E-state index in [-0.39, 0.29) is 6.54 Å². The minimum atomic E-state index is -0.953. The predicted octanol–water partition coefficient (Wildman–Crippen LogP) is 3.11. The molecular weight excluding hydrogens is 388 g/mol. The first kappa shape index (κ1) is 23.5. The Morgan fingerprint density at radius 1 is 1.07 bits per heavy atom. The minimum Gasteiger partial charge on any atom is -0.497 e. The number of methoxy groups -OCH3 is 2. The lowest BCUT2D eigenvalue weighted by atomic mass is 10.1. The third-order valence-corrected chi connectivity index (χ3v) is 4.28. The number of anilines is 1. The third-order valence-electron chi connectivity index (χ3n) is 4.28. The third kappa shape index (κ3) is 7.55. The second-order valence-electron chi connectivity index (χ2n) is 6.41. The van der Waals surface area contributed by atoms with Crippen LogP contribution in [0.4, 0.5) is 10.5 Å². The van der Waals surface area contributed by atoms with E-state index in [0.717, 1.165) is 5.56 Å². The van der Waals surface area contributed by atoms with Crippen LogP contribution < -0.4 is 20.1 Å². The van der Waals surface area contributed by atoms with Crippen LogP contribution in [0.2, 0.25) is 0 Å². The highest BCUT2D eigenvalue weighted by molar-refractivity contribution is 5.89. The van der Waals surface area contributed by atoms with E-state index in [1.807, 2.05) is 25.1 Å². The SMILES string of the molecule is CCOCCOCc1cccc(NC(=O)NCC(O)c2cc(OC)ccc2OC)c1. The monoisotopic (exact) mass is 418 g/mol. The molecule has 8 nitrogen and oxygen atoms in total. The van der Waals surface area contributed by atoms with Crippen molar-refractivity contribution in [2.24, 2.45) is 0 Å². The summed E-state index contributed by atoms with van der Waals surface area (Å²) in [6.07, 6.45) is -0.953. The molecule has 8 heteroatoms. The molecule has 0 radical (unpaired) electrons. The smallest absolute Gasteiger partial charge is 0.319 e. The number of carbonyl (C=O) groups excluding carboxylic acids is 1. The normalized spacial score (nSPS) is 11.6. The second kappa shape index (κ2) is 12.7. The molecule has 0 aliphatic rings. The maximum Gasteiger partial charge on any atom is 0.319 e. The van der Waals surface area contributed by atoms with E-state index in [1.54, 1.807) is 31.4 Å². The van der Waals surface area contributed by atoms with Crippen LogP contribution in [0.1, 0.15) is 24.2 Å². The van der Waals surface area contributed by atoms with Gasteiger partial charge in [-0.05, 0) is 42.8 Å². The summed E-state index contributed by atoms with van der Waals surface area (Å²) >= 11 is 0. The molecular formula is C22H30N2O6. The number of amides is 2. The van der Waals surface area contributed by atoms with Crippen LogP contribution in [0, 0.1) is 0 Å². The largest absolute Gasteiger partial charge is 0.497 e. The van der Waals surface area contributed by atoms with Crippen molar-refractivity contribution in [2.45, 2.75) is 19.6 Å². The van der Waals surface area contributed by atoms with Crippen LogP contribution in [0.5, 0.6) is 11.5 Å². The van der Waals surface area contributed by atoms with Crippen molar-refractivity contribution in [2.75, 3.05) is 45.9 Å². The van der Waals surface area contributed by atoms with Gasteiger partial charge in [0.25, 0.3) is 0 Å². The van der Waals surface area contributed by atoms with Gasteiger partial charge in [-0.15, -0.1) is 0 Å². The van der Waals surface area contributed by atoms with Crippen LogP contribution in [0.15, 0.2) is 42.5 Å². The average molecular weight is 418 g/mol. The summed E-state index contributed by atoms with van der Waals surface area (Å²) in [5.41, 5.74) is 2.10. The molecule has 2 rings (SSSR count). The van der Waals surface area contributed by atoms with E-state index in [9.17, 15) is 9.90 Å². The fourth-order valence-corrected chi connectivity index (χ4v) is 2.77. The van der Waals surface area contributed by atoms with Crippen LogP contribution >= 0.6 is 0 Å². The molecule has 164 valence electrons. The van der Waals surface area contributed by atoms with Crippen molar-refractivity contribution in [1.29, 1.82) is 0 Å². The van der Waals surface area contributed by atoms with Crippen LogP contribution in [0.25, 0.3) is 0 Å². The topological polar surface area (TPSA) is 98.3 Å². The summed E-state index contributed by atoms with van der Waals surface area (Å²) < 4.78 is 21.2. The van der Waals surface area contributed by atoms with Gasteiger partial charge in [0, 0.05) is 24.4 Å². The molecule has 0 bridgehead atoms. The quantitative estimate of drug-likeness (QED) is 0.458. The lowest BCUT2D eigenvalue weighted by Crippen LogP contribution is -2.32. The van der Waals surface area contributed by atoms with Gasteiger partial charge in [-0.2, -0.15) is 0 Å². The number of urea groups is 1. The molecule has 0 aromatic heterocycles. The molecule has 0 aliphatic carbocycles. The number of aliphatic hydroxyl groups excluding tert-OH is 1. The molecule has 2 aromatic rings. The molecule has 0 saturated carbocycles. The number of rotatable bonds is 12. The van der Waals surface area contributed by atoms with Crippen LogP contribution in [0.3, 0.4) is 0 Å². The molecule has 0 saturated heterocycles. The van der Waals surface area contributed by atoms with E-state index in [1.165, 1.54) is 7.11 Å². The number of aliphatic hydroxyl groups is 1. The Bertz CT molecular complexity index is 799. The summed E-state index contributed by atoms with van der Waals surface area (Å²) in [6, 6.07) is 12.1. The van der Waals surface area contributed by atoms with Gasteiger partial charge in [0.15, 0.2) is 0 Å². The summed E-state index contributed by atoms with van der Waals surface area (Å²) in [5, 5.41) is 15.9. The van der Waals surface area contributed by atoms with Gasteiger partial charge >= 0.3 is 6.03 Å². The summed E-state index contributed by atoms with van der Waals surface area (Å²) in [7, 11) is 3.06. The minimum absolute atomic E-state index is 0.00952. The Morgan fingerprint density at radius 2 is 1.87 bits per heavy atom. The highest BCUT2D eigenvalue weighted by Gasteiger charge is 2.16.